The maximum Gasteiger partial charge on any atom is 0.255 e. The van der Waals surface area contributed by atoms with Gasteiger partial charge in [0.25, 0.3) is 5.91 Å². The van der Waals surface area contributed by atoms with Crippen molar-refractivity contribution in [3.05, 3.63) is 114 Å². The zero-order valence-electron chi connectivity index (χ0n) is 22.4. The van der Waals surface area contributed by atoms with E-state index in [9.17, 15) is 9.59 Å². The van der Waals surface area contributed by atoms with Gasteiger partial charge in [-0.3, -0.25) is 9.59 Å². The SMILES string of the molecule is COc1ccc(C(=O)Nc2cccc(SC(C(=O)Nc3ccc(C(C)C)cc3)c3ccccc3)c2)cc1OC. The first-order chi connectivity index (χ1) is 18.9. The highest BCUT2D eigenvalue weighted by Crippen LogP contribution is 2.37. The highest BCUT2D eigenvalue weighted by atomic mass is 32.2. The molecule has 0 aliphatic carbocycles. The second-order valence-electron chi connectivity index (χ2n) is 9.23. The third-order valence-corrected chi connectivity index (χ3v) is 7.42. The molecule has 0 spiro atoms. The van der Waals surface area contributed by atoms with Crippen molar-refractivity contribution in [2.45, 2.75) is 29.9 Å². The molecule has 6 nitrogen and oxygen atoms in total. The predicted octanol–water partition coefficient (Wildman–Crippen LogP) is 7.55. The van der Waals surface area contributed by atoms with Crippen LogP contribution in [-0.4, -0.2) is 26.0 Å². The molecule has 39 heavy (non-hydrogen) atoms. The van der Waals surface area contributed by atoms with Gasteiger partial charge in [-0.1, -0.05) is 62.4 Å². The lowest BCUT2D eigenvalue weighted by Gasteiger charge is -2.18. The standard InChI is InChI=1S/C32H32N2O4S/c1-21(2)22-13-16-25(17-14-22)33-32(36)30(23-9-6-5-7-10-23)39-27-12-8-11-26(20-27)34-31(35)24-15-18-28(37-3)29(19-24)38-4/h5-21,30H,1-4H3,(H,33,36)(H,34,35). The number of thioether (sulfide) groups is 1. The van der Waals surface area contributed by atoms with E-state index in [0.717, 1.165) is 16.1 Å². The number of nitrogens with one attached hydrogen (secondary N) is 2. The predicted molar refractivity (Wildman–Crippen MR) is 158 cm³/mol. The number of benzene rings is 4. The molecule has 0 aliphatic heterocycles. The molecule has 0 radical (unpaired) electrons. The van der Waals surface area contributed by atoms with Gasteiger partial charge in [0.1, 0.15) is 5.25 Å². The van der Waals surface area contributed by atoms with Gasteiger partial charge in [-0.25, -0.2) is 0 Å². The number of methoxy groups -OCH3 is 2. The second kappa shape index (κ2) is 13.0. The van der Waals surface area contributed by atoms with Gasteiger partial charge in [0.05, 0.1) is 14.2 Å². The molecule has 2 amide bonds. The summed E-state index contributed by atoms with van der Waals surface area (Å²) in [6, 6.07) is 30.1. The molecule has 0 saturated heterocycles. The Morgan fingerprint density at radius 1 is 0.692 bits per heavy atom. The molecule has 0 aliphatic rings. The summed E-state index contributed by atoms with van der Waals surface area (Å²) in [5.41, 5.74) is 3.92. The largest absolute Gasteiger partial charge is 0.493 e. The fourth-order valence-electron chi connectivity index (χ4n) is 4.02. The van der Waals surface area contributed by atoms with E-state index in [4.69, 9.17) is 9.47 Å². The van der Waals surface area contributed by atoms with Crippen LogP contribution in [0.4, 0.5) is 11.4 Å². The van der Waals surface area contributed by atoms with Gasteiger partial charge in [0.2, 0.25) is 5.91 Å². The number of anilines is 2. The lowest BCUT2D eigenvalue weighted by molar-refractivity contribution is -0.115. The summed E-state index contributed by atoms with van der Waals surface area (Å²) in [6.45, 7) is 4.28. The van der Waals surface area contributed by atoms with Crippen LogP contribution in [0.3, 0.4) is 0 Å². The van der Waals surface area contributed by atoms with Crippen molar-refractivity contribution >= 4 is 35.0 Å². The van der Waals surface area contributed by atoms with Crippen LogP contribution in [0, 0.1) is 0 Å². The molecule has 4 rings (SSSR count). The normalized spacial score (nSPS) is 11.5. The Hall–Kier alpha value is -4.23. The first-order valence-corrected chi connectivity index (χ1v) is 13.5. The van der Waals surface area contributed by atoms with Crippen LogP contribution >= 0.6 is 11.8 Å². The average Bonchev–Trinajstić information content (AvgIpc) is 2.96. The Bertz CT molecular complexity index is 1420. The number of carbonyl (C=O) groups is 2. The summed E-state index contributed by atoms with van der Waals surface area (Å²) in [7, 11) is 3.08. The van der Waals surface area contributed by atoms with E-state index >= 15 is 0 Å². The van der Waals surface area contributed by atoms with Crippen LogP contribution in [0.25, 0.3) is 0 Å². The molecule has 0 heterocycles. The Morgan fingerprint density at radius 2 is 1.41 bits per heavy atom. The van der Waals surface area contributed by atoms with Gasteiger partial charge in [0.15, 0.2) is 11.5 Å². The van der Waals surface area contributed by atoms with Crippen LogP contribution in [0.15, 0.2) is 102 Å². The maximum absolute atomic E-state index is 13.5. The zero-order chi connectivity index (χ0) is 27.8. The number of amides is 2. The Labute approximate surface area is 233 Å². The number of hydrogen-bond acceptors (Lipinski definition) is 5. The highest BCUT2D eigenvalue weighted by Gasteiger charge is 2.23. The van der Waals surface area contributed by atoms with Gasteiger partial charge in [-0.05, 0) is 65.6 Å². The van der Waals surface area contributed by atoms with Crippen molar-refractivity contribution in [2.75, 3.05) is 24.9 Å². The van der Waals surface area contributed by atoms with Crippen molar-refractivity contribution in [3.8, 4) is 11.5 Å². The maximum atomic E-state index is 13.5. The molecule has 2 N–H and O–H groups in total. The molecule has 200 valence electrons. The fraction of sp³-hybridized carbons (Fsp3) is 0.188. The average molecular weight is 541 g/mol. The molecule has 4 aromatic carbocycles. The Kier molecular flexibility index (Phi) is 9.28. The van der Waals surface area contributed by atoms with E-state index in [-0.39, 0.29) is 11.8 Å². The van der Waals surface area contributed by atoms with E-state index < -0.39 is 5.25 Å². The summed E-state index contributed by atoms with van der Waals surface area (Å²) in [6.07, 6.45) is 0. The second-order valence-corrected chi connectivity index (χ2v) is 10.4. The van der Waals surface area contributed by atoms with E-state index in [0.29, 0.717) is 28.7 Å². The first kappa shape index (κ1) is 27.8. The molecular formula is C32H32N2O4S. The van der Waals surface area contributed by atoms with Gasteiger partial charge >= 0.3 is 0 Å². The van der Waals surface area contributed by atoms with Crippen molar-refractivity contribution in [1.29, 1.82) is 0 Å². The summed E-state index contributed by atoms with van der Waals surface area (Å²) in [4.78, 5) is 27.3. The topological polar surface area (TPSA) is 76.7 Å². The molecule has 4 aromatic rings. The fourth-order valence-corrected chi connectivity index (χ4v) is 5.11. The van der Waals surface area contributed by atoms with Crippen molar-refractivity contribution in [2.24, 2.45) is 0 Å². The molecule has 7 heteroatoms. The smallest absolute Gasteiger partial charge is 0.255 e. The van der Waals surface area contributed by atoms with Crippen LogP contribution in [0.1, 0.15) is 46.5 Å². The molecule has 0 saturated carbocycles. The zero-order valence-corrected chi connectivity index (χ0v) is 23.3. The minimum Gasteiger partial charge on any atom is -0.493 e. The minimum absolute atomic E-state index is 0.122. The van der Waals surface area contributed by atoms with Crippen LogP contribution in [0.5, 0.6) is 11.5 Å². The van der Waals surface area contributed by atoms with Gasteiger partial charge < -0.3 is 20.1 Å². The highest BCUT2D eigenvalue weighted by molar-refractivity contribution is 8.00. The summed E-state index contributed by atoms with van der Waals surface area (Å²) in [5.74, 6) is 1.05. The van der Waals surface area contributed by atoms with Crippen molar-refractivity contribution in [3.63, 3.8) is 0 Å². The third kappa shape index (κ3) is 7.21. The first-order valence-electron chi connectivity index (χ1n) is 12.6. The van der Waals surface area contributed by atoms with E-state index in [1.165, 1.54) is 24.4 Å². The van der Waals surface area contributed by atoms with Gasteiger partial charge in [-0.2, -0.15) is 0 Å². The van der Waals surface area contributed by atoms with E-state index in [1.54, 1.807) is 25.3 Å². The van der Waals surface area contributed by atoms with Gasteiger partial charge in [-0.15, -0.1) is 11.8 Å². The van der Waals surface area contributed by atoms with Crippen LogP contribution in [0.2, 0.25) is 0 Å². The van der Waals surface area contributed by atoms with E-state index in [2.05, 4.69) is 24.5 Å². The van der Waals surface area contributed by atoms with Crippen molar-refractivity contribution in [1.82, 2.24) is 0 Å². The van der Waals surface area contributed by atoms with Crippen molar-refractivity contribution < 1.29 is 19.1 Å². The molecule has 1 unspecified atom stereocenters. The molecule has 1 atom stereocenters. The molecule has 0 bridgehead atoms. The summed E-state index contributed by atoms with van der Waals surface area (Å²) >= 11 is 1.43. The quantitative estimate of drug-likeness (QED) is 0.203. The molecule has 0 aromatic heterocycles. The number of ether oxygens (including phenoxy) is 2. The van der Waals surface area contributed by atoms with Gasteiger partial charge in [0, 0.05) is 21.8 Å². The number of rotatable bonds is 10. The molecule has 0 fully saturated rings. The lowest BCUT2D eigenvalue weighted by atomic mass is 10.0. The molecular weight excluding hydrogens is 508 g/mol. The Morgan fingerprint density at radius 3 is 2.08 bits per heavy atom. The summed E-state index contributed by atoms with van der Waals surface area (Å²) in [5, 5.41) is 5.51. The summed E-state index contributed by atoms with van der Waals surface area (Å²) < 4.78 is 10.6. The number of hydrogen-bond donors (Lipinski definition) is 2. The lowest BCUT2D eigenvalue weighted by Crippen LogP contribution is -2.19. The van der Waals surface area contributed by atoms with E-state index in [1.807, 2.05) is 78.9 Å². The minimum atomic E-state index is -0.493. The van der Waals surface area contributed by atoms with Crippen LogP contribution < -0.4 is 20.1 Å². The third-order valence-electron chi connectivity index (χ3n) is 6.18. The van der Waals surface area contributed by atoms with Crippen LogP contribution in [-0.2, 0) is 4.79 Å². The Balaban J connectivity index is 1.52. The monoisotopic (exact) mass is 540 g/mol. The number of carbonyl (C=O) groups excluding carboxylic acids is 2.